The third-order valence-electron chi connectivity index (χ3n) is 5.23. The highest BCUT2D eigenvalue weighted by Crippen LogP contribution is 2.30. The summed E-state index contributed by atoms with van der Waals surface area (Å²) in [7, 11) is 0. The van der Waals surface area contributed by atoms with Crippen molar-refractivity contribution in [1.82, 2.24) is 20.4 Å². The first-order chi connectivity index (χ1) is 11.8. The van der Waals surface area contributed by atoms with Crippen molar-refractivity contribution in [1.29, 1.82) is 0 Å². The molecular weight excluding hydrogens is 304 g/mol. The van der Waals surface area contributed by atoms with Gasteiger partial charge in [0, 0.05) is 18.3 Å². The van der Waals surface area contributed by atoms with Crippen LogP contribution in [0.1, 0.15) is 55.2 Å². The number of urea groups is 1. The van der Waals surface area contributed by atoms with E-state index in [0.29, 0.717) is 0 Å². The Hall–Kier alpha value is -2.24. The number of aromatic amines is 1. The molecule has 2 amide bonds. The quantitative estimate of drug-likeness (QED) is 0.889. The minimum absolute atomic E-state index is 0.0373. The first-order valence-corrected chi connectivity index (χ1v) is 8.93. The number of aromatic nitrogens is 2. The summed E-state index contributed by atoms with van der Waals surface area (Å²) in [6.07, 6.45) is 10.7. The number of amides is 2. The number of aryl methyl sites for hydroxylation is 1. The van der Waals surface area contributed by atoms with Crippen molar-refractivity contribution in [2.24, 2.45) is 0 Å². The predicted molar refractivity (Wildman–Crippen MR) is 89.6 cm³/mol. The molecule has 1 saturated heterocycles. The third kappa shape index (κ3) is 3.05. The van der Waals surface area contributed by atoms with Crippen molar-refractivity contribution in [3.63, 3.8) is 0 Å². The second-order valence-electron chi connectivity index (χ2n) is 6.84. The first kappa shape index (κ1) is 15.3. The Bertz CT molecular complexity index is 679. The summed E-state index contributed by atoms with van der Waals surface area (Å²) in [5.74, 6) is 0.896. The molecule has 2 aromatic heterocycles. The standard InChI is InChI=1S/C18H24N4O2/c23-18(20-14-7-8-15-13(11-14)12-19-21-15)22-9-3-1-2-5-16(22)17-6-4-10-24-17/h4,6,10,12,14,16H,1-3,5,7-9,11H2,(H,19,21)(H,20,23)/t14-,16+/m1/s1. The number of fused-ring (bicyclic) bond motifs is 1. The van der Waals surface area contributed by atoms with Crippen molar-refractivity contribution in [2.45, 2.75) is 57.0 Å². The van der Waals surface area contributed by atoms with E-state index in [4.69, 9.17) is 4.42 Å². The fraction of sp³-hybridized carbons (Fsp3) is 0.556. The summed E-state index contributed by atoms with van der Waals surface area (Å²) < 4.78 is 5.60. The molecule has 2 aromatic rings. The lowest BCUT2D eigenvalue weighted by Gasteiger charge is -2.32. The number of carbonyl (C=O) groups is 1. The maximum Gasteiger partial charge on any atom is 0.318 e. The van der Waals surface area contributed by atoms with E-state index >= 15 is 0 Å². The van der Waals surface area contributed by atoms with Crippen LogP contribution in [0.4, 0.5) is 4.79 Å². The fourth-order valence-corrected chi connectivity index (χ4v) is 3.93. The van der Waals surface area contributed by atoms with E-state index in [9.17, 15) is 4.79 Å². The molecule has 3 heterocycles. The largest absolute Gasteiger partial charge is 0.467 e. The fourth-order valence-electron chi connectivity index (χ4n) is 3.93. The smallest absolute Gasteiger partial charge is 0.318 e. The molecule has 4 rings (SSSR count). The molecule has 2 aliphatic rings. The van der Waals surface area contributed by atoms with E-state index in [2.05, 4.69) is 15.5 Å². The number of hydrogen-bond donors (Lipinski definition) is 2. The Morgan fingerprint density at radius 2 is 2.29 bits per heavy atom. The van der Waals surface area contributed by atoms with E-state index in [-0.39, 0.29) is 18.1 Å². The molecule has 0 spiro atoms. The molecule has 6 nitrogen and oxygen atoms in total. The third-order valence-corrected chi connectivity index (χ3v) is 5.23. The van der Waals surface area contributed by atoms with Gasteiger partial charge in [-0.2, -0.15) is 5.10 Å². The van der Waals surface area contributed by atoms with E-state index in [0.717, 1.165) is 50.8 Å². The van der Waals surface area contributed by atoms with Crippen molar-refractivity contribution in [3.8, 4) is 0 Å². The van der Waals surface area contributed by atoms with Crippen molar-refractivity contribution in [3.05, 3.63) is 41.6 Å². The van der Waals surface area contributed by atoms with Crippen LogP contribution in [-0.2, 0) is 12.8 Å². The summed E-state index contributed by atoms with van der Waals surface area (Å²) in [5.41, 5.74) is 2.44. The zero-order valence-corrected chi connectivity index (χ0v) is 13.8. The van der Waals surface area contributed by atoms with E-state index in [1.807, 2.05) is 23.2 Å². The zero-order valence-electron chi connectivity index (χ0n) is 13.8. The van der Waals surface area contributed by atoms with E-state index in [1.165, 1.54) is 17.7 Å². The molecule has 1 fully saturated rings. The molecule has 1 aliphatic heterocycles. The molecule has 0 bridgehead atoms. The molecule has 1 aliphatic carbocycles. The molecule has 0 radical (unpaired) electrons. The van der Waals surface area contributed by atoms with Gasteiger partial charge in [0.15, 0.2) is 0 Å². The number of nitrogens with one attached hydrogen (secondary N) is 2. The molecule has 128 valence electrons. The van der Waals surface area contributed by atoms with Gasteiger partial charge >= 0.3 is 6.03 Å². The lowest BCUT2D eigenvalue weighted by Crippen LogP contribution is -2.47. The Labute approximate surface area is 141 Å². The summed E-state index contributed by atoms with van der Waals surface area (Å²) in [5, 5.41) is 10.4. The highest BCUT2D eigenvalue weighted by atomic mass is 16.3. The minimum Gasteiger partial charge on any atom is -0.467 e. The molecular formula is C18H24N4O2. The van der Waals surface area contributed by atoms with Gasteiger partial charge in [0.25, 0.3) is 0 Å². The Morgan fingerprint density at radius 3 is 3.17 bits per heavy atom. The lowest BCUT2D eigenvalue weighted by atomic mass is 9.94. The maximum absolute atomic E-state index is 12.9. The topological polar surface area (TPSA) is 74.2 Å². The molecule has 6 heteroatoms. The minimum atomic E-state index is 0.0373. The summed E-state index contributed by atoms with van der Waals surface area (Å²) >= 11 is 0. The SMILES string of the molecule is O=C(N[C@@H]1CCc2[nH]ncc2C1)N1CCCCC[C@H]1c1ccco1. The summed E-state index contributed by atoms with van der Waals surface area (Å²) in [6, 6.07) is 4.15. The predicted octanol–water partition coefficient (Wildman–Crippen LogP) is 3.19. The van der Waals surface area contributed by atoms with Crippen LogP contribution in [0.3, 0.4) is 0 Å². The molecule has 0 saturated carbocycles. The molecule has 0 unspecified atom stereocenters. The highest BCUT2D eigenvalue weighted by molar-refractivity contribution is 5.75. The van der Waals surface area contributed by atoms with Crippen LogP contribution in [0.15, 0.2) is 29.0 Å². The number of carbonyl (C=O) groups excluding carboxylic acids is 1. The van der Waals surface area contributed by atoms with Crippen LogP contribution >= 0.6 is 0 Å². The van der Waals surface area contributed by atoms with Crippen LogP contribution < -0.4 is 5.32 Å². The summed E-state index contributed by atoms with van der Waals surface area (Å²) in [4.78, 5) is 14.9. The molecule has 0 aromatic carbocycles. The number of likely N-dealkylation sites (tertiary alicyclic amines) is 1. The Morgan fingerprint density at radius 1 is 1.33 bits per heavy atom. The van der Waals surface area contributed by atoms with Crippen molar-refractivity contribution < 1.29 is 9.21 Å². The normalized spacial score (nSPS) is 24.2. The number of furan rings is 1. The van der Waals surface area contributed by atoms with Gasteiger partial charge in [-0.1, -0.05) is 12.8 Å². The number of H-pyrrole nitrogens is 1. The zero-order chi connectivity index (χ0) is 16.4. The molecule has 24 heavy (non-hydrogen) atoms. The monoisotopic (exact) mass is 328 g/mol. The van der Waals surface area contributed by atoms with E-state index in [1.54, 1.807) is 6.26 Å². The molecule has 2 atom stereocenters. The highest BCUT2D eigenvalue weighted by Gasteiger charge is 2.30. The number of hydrogen-bond acceptors (Lipinski definition) is 3. The summed E-state index contributed by atoms with van der Waals surface area (Å²) in [6.45, 7) is 0.793. The maximum atomic E-state index is 12.9. The van der Waals surface area contributed by atoms with Crippen LogP contribution in [0.5, 0.6) is 0 Å². The van der Waals surface area contributed by atoms with Gasteiger partial charge in [0.05, 0.1) is 18.5 Å². The second kappa shape index (κ2) is 6.71. The number of nitrogens with zero attached hydrogens (tertiary/aromatic N) is 2. The molecule has 2 N–H and O–H groups in total. The van der Waals surface area contributed by atoms with Crippen molar-refractivity contribution >= 4 is 6.03 Å². The van der Waals surface area contributed by atoms with Gasteiger partial charge in [-0.3, -0.25) is 5.10 Å². The average Bonchev–Trinajstić information content (AvgIpc) is 3.21. The van der Waals surface area contributed by atoms with E-state index < -0.39 is 0 Å². The number of rotatable bonds is 2. The Balaban J connectivity index is 1.45. The van der Waals surface area contributed by atoms with Gasteiger partial charge in [0.2, 0.25) is 0 Å². The van der Waals surface area contributed by atoms with Crippen LogP contribution in [-0.4, -0.2) is 33.7 Å². The second-order valence-corrected chi connectivity index (χ2v) is 6.84. The van der Waals surface area contributed by atoms with Crippen molar-refractivity contribution in [2.75, 3.05) is 6.54 Å². The van der Waals surface area contributed by atoms with Gasteiger partial charge < -0.3 is 14.6 Å². The first-order valence-electron chi connectivity index (χ1n) is 8.93. The van der Waals surface area contributed by atoms with Crippen LogP contribution in [0.2, 0.25) is 0 Å². The van der Waals surface area contributed by atoms with Gasteiger partial charge in [0.1, 0.15) is 5.76 Å². The lowest BCUT2D eigenvalue weighted by molar-refractivity contribution is 0.162. The van der Waals surface area contributed by atoms with Gasteiger partial charge in [-0.05, 0) is 49.8 Å². The van der Waals surface area contributed by atoms with Crippen LogP contribution in [0, 0.1) is 0 Å². The Kier molecular flexibility index (Phi) is 4.28. The van der Waals surface area contributed by atoms with Gasteiger partial charge in [-0.15, -0.1) is 0 Å². The van der Waals surface area contributed by atoms with Crippen LogP contribution in [0.25, 0.3) is 0 Å². The van der Waals surface area contributed by atoms with Gasteiger partial charge in [-0.25, -0.2) is 4.79 Å². The average molecular weight is 328 g/mol.